The Morgan fingerprint density at radius 1 is 1.64 bits per heavy atom. The second-order valence-electron chi connectivity index (χ2n) is 2.56. The molecule has 2 aromatic rings. The van der Waals surface area contributed by atoms with Crippen molar-refractivity contribution in [3.05, 3.63) is 12.4 Å². The molecule has 0 amide bonds. The van der Waals surface area contributed by atoms with Gasteiger partial charge in [0.05, 0.1) is 0 Å². The van der Waals surface area contributed by atoms with Crippen LogP contribution in [0.1, 0.15) is 0 Å². The van der Waals surface area contributed by atoms with Crippen molar-refractivity contribution in [3.8, 4) is 5.88 Å². The molecular formula is C7H9N4OPS. The largest absolute Gasteiger partial charge is 0.492 e. The number of aromatic hydroxyl groups is 1. The standard InChI is InChI=1S/C7H9N4OPS/c1-13-14-7-10-6(12)4-5(8)9-2-3-11(4)7/h2-3,12-13H,1H3,(H2,8,9). The van der Waals surface area contributed by atoms with Crippen molar-refractivity contribution in [3.63, 3.8) is 0 Å². The Labute approximate surface area is 86.3 Å². The molecule has 0 aliphatic heterocycles. The van der Waals surface area contributed by atoms with Crippen molar-refractivity contribution in [1.29, 1.82) is 0 Å². The van der Waals surface area contributed by atoms with Gasteiger partial charge in [-0.05, 0) is 6.66 Å². The predicted octanol–water partition coefficient (Wildman–Crippen LogP) is 1.33. The number of hydrogen-bond acceptors (Lipinski definition) is 5. The van der Waals surface area contributed by atoms with E-state index in [2.05, 4.69) is 9.97 Å². The minimum Gasteiger partial charge on any atom is -0.492 e. The fraction of sp³-hybridized carbons (Fsp3) is 0.143. The van der Waals surface area contributed by atoms with Crippen LogP contribution in [0.5, 0.6) is 5.88 Å². The van der Waals surface area contributed by atoms with Gasteiger partial charge < -0.3 is 10.8 Å². The van der Waals surface area contributed by atoms with Gasteiger partial charge in [-0.25, -0.2) is 4.98 Å². The molecule has 74 valence electrons. The van der Waals surface area contributed by atoms with Crippen LogP contribution in [0.2, 0.25) is 0 Å². The number of nitrogens with two attached hydrogens (primary N) is 1. The maximum Gasteiger partial charge on any atom is 0.242 e. The van der Waals surface area contributed by atoms with Crippen LogP contribution < -0.4 is 5.73 Å². The lowest BCUT2D eigenvalue weighted by atomic mass is 10.5. The van der Waals surface area contributed by atoms with Crippen LogP contribution in [0.25, 0.3) is 5.52 Å². The number of aromatic nitrogens is 3. The van der Waals surface area contributed by atoms with E-state index in [0.29, 0.717) is 19.1 Å². The van der Waals surface area contributed by atoms with Crippen LogP contribution in [-0.4, -0.2) is 26.1 Å². The van der Waals surface area contributed by atoms with Crippen molar-refractivity contribution in [2.45, 2.75) is 5.16 Å². The molecule has 0 saturated heterocycles. The molecule has 0 bridgehead atoms. The van der Waals surface area contributed by atoms with Crippen LogP contribution in [0, 0.1) is 0 Å². The van der Waals surface area contributed by atoms with Gasteiger partial charge in [0.1, 0.15) is 0 Å². The summed E-state index contributed by atoms with van der Waals surface area (Å²) < 4.78 is 1.75. The maximum atomic E-state index is 9.54. The third-order valence-corrected chi connectivity index (χ3v) is 3.56. The fourth-order valence-electron chi connectivity index (χ4n) is 1.18. The van der Waals surface area contributed by atoms with Crippen molar-refractivity contribution < 1.29 is 5.11 Å². The minimum atomic E-state index is -0.0589. The lowest BCUT2D eigenvalue weighted by Crippen LogP contribution is -1.94. The number of nitrogen functional groups attached to an aromatic ring is 1. The van der Waals surface area contributed by atoms with Crippen LogP contribution >= 0.6 is 19.2 Å². The SMILES string of the molecule is CPSc1nc(O)c2c(N)nccn12. The number of imidazole rings is 1. The van der Waals surface area contributed by atoms with Gasteiger partial charge >= 0.3 is 0 Å². The first-order valence-corrected chi connectivity index (χ1v) is 6.93. The molecule has 0 aliphatic rings. The van der Waals surface area contributed by atoms with Gasteiger partial charge in [-0.3, -0.25) is 4.40 Å². The van der Waals surface area contributed by atoms with Crippen molar-refractivity contribution in [1.82, 2.24) is 14.4 Å². The number of hydrogen-bond donors (Lipinski definition) is 2. The zero-order chi connectivity index (χ0) is 10.1. The Balaban J connectivity index is 2.71. The summed E-state index contributed by atoms with van der Waals surface area (Å²) in [5, 5.41) is 10.3. The topological polar surface area (TPSA) is 76.4 Å². The van der Waals surface area contributed by atoms with E-state index < -0.39 is 0 Å². The van der Waals surface area contributed by atoms with E-state index in [1.165, 1.54) is 0 Å². The van der Waals surface area contributed by atoms with Gasteiger partial charge in [0, 0.05) is 12.4 Å². The zero-order valence-corrected chi connectivity index (χ0v) is 9.25. The normalized spacial score (nSPS) is 11.8. The van der Waals surface area contributed by atoms with Crippen molar-refractivity contribution in [2.24, 2.45) is 0 Å². The van der Waals surface area contributed by atoms with Crippen LogP contribution in [0.15, 0.2) is 17.6 Å². The van der Waals surface area contributed by atoms with E-state index in [9.17, 15) is 5.11 Å². The molecule has 0 fully saturated rings. The summed E-state index contributed by atoms with van der Waals surface area (Å²) >= 11 is 1.57. The monoisotopic (exact) mass is 228 g/mol. The Morgan fingerprint density at radius 2 is 2.43 bits per heavy atom. The minimum absolute atomic E-state index is 0.0589. The highest BCUT2D eigenvalue weighted by Gasteiger charge is 2.12. The lowest BCUT2D eigenvalue weighted by molar-refractivity contribution is 0.460. The molecule has 2 heterocycles. The van der Waals surface area contributed by atoms with Crippen molar-refractivity contribution >= 4 is 30.5 Å². The van der Waals surface area contributed by atoms with Crippen LogP contribution in [0.4, 0.5) is 5.82 Å². The molecule has 1 unspecified atom stereocenters. The summed E-state index contributed by atoms with van der Waals surface area (Å²) in [4.78, 5) is 7.90. The highest BCUT2D eigenvalue weighted by Crippen LogP contribution is 2.36. The summed E-state index contributed by atoms with van der Waals surface area (Å²) in [6.07, 6.45) is 3.33. The Hall–Kier alpha value is -1.00. The zero-order valence-electron chi connectivity index (χ0n) is 7.43. The van der Waals surface area contributed by atoms with E-state index in [0.717, 1.165) is 5.16 Å². The van der Waals surface area contributed by atoms with Gasteiger partial charge in [-0.15, -0.1) is 0 Å². The molecule has 0 spiro atoms. The molecule has 0 aromatic carbocycles. The number of nitrogens with zero attached hydrogens (tertiary/aromatic N) is 3. The first kappa shape index (κ1) is 9.55. The highest BCUT2D eigenvalue weighted by atomic mass is 32.7. The fourth-order valence-corrected chi connectivity index (χ4v) is 2.73. The molecule has 0 radical (unpaired) electrons. The number of fused-ring (bicyclic) bond motifs is 1. The van der Waals surface area contributed by atoms with Crippen LogP contribution in [0.3, 0.4) is 0 Å². The van der Waals surface area contributed by atoms with Gasteiger partial charge in [-0.1, -0.05) is 19.2 Å². The molecule has 7 heteroatoms. The molecule has 2 aromatic heterocycles. The van der Waals surface area contributed by atoms with Gasteiger partial charge in [0.25, 0.3) is 0 Å². The van der Waals surface area contributed by atoms with E-state index in [1.807, 2.05) is 6.66 Å². The third kappa shape index (κ3) is 1.40. The van der Waals surface area contributed by atoms with Gasteiger partial charge in [0.15, 0.2) is 16.5 Å². The molecule has 0 saturated carbocycles. The first-order valence-electron chi connectivity index (χ1n) is 3.89. The summed E-state index contributed by atoms with van der Waals surface area (Å²) in [5.41, 5.74) is 6.11. The van der Waals surface area contributed by atoms with Gasteiger partial charge in [0.2, 0.25) is 5.88 Å². The van der Waals surface area contributed by atoms with E-state index >= 15 is 0 Å². The summed E-state index contributed by atoms with van der Waals surface area (Å²) in [6.45, 7) is 2.05. The molecule has 3 N–H and O–H groups in total. The Kier molecular flexibility index (Phi) is 2.48. The Bertz CT molecular complexity index is 472. The molecule has 1 atom stereocenters. The predicted molar refractivity (Wildman–Crippen MR) is 59.2 cm³/mol. The average molecular weight is 228 g/mol. The lowest BCUT2D eigenvalue weighted by Gasteiger charge is -1.98. The first-order chi connectivity index (χ1) is 6.74. The highest BCUT2D eigenvalue weighted by molar-refractivity contribution is 8.49. The third-order valence-electron chi connectivity index (χ3n) is 1.73. The molecule has 5 nitrogen and oxygen atoms in total. The smallest absolute Gasteiger partial charge is 0.242 e. The molecular weight excluding hydrogens is 219 g/mol. The summed E-state index contributed by atoms with van der Waals surface area (Å²) in [7, 11) is 0.670. The van der Waals surface area contributed by atoms with E-state index in [4.69, 9.17) is 5.73 Å². The molecule has 14 heavy (non-hydrogen) atoms. The summed E-state index contributed by atoms with van der Waals surface area (Å²) in [6, 6.07) is 0. The number of rotatable bonds is 2. The molecule has 0 aliphatic carbocycles. The van der Waals surface area contributed by atoms with E-state index in [-0.39, 0.29) is 5.88 Å². The molecule has 2 rings (SSSR count). The average Bonchev–Trinajstić information content (AvgIpc) is 2.46. The number of anilines is 1. The quantitative estimate of drug-likeness (QED) is 0.758. The van der Waals surface area contributed by atoms with E-state index in [1.54, 1.807) is 28.2 Å². The second-order valence-corrected chi connectivity index (χ2v) is 5.37. The second kappa shape index (κ2) is 3.63. The van der Waals surface area contributed by atoms with Crippen molar-refractivity contribution in [2.75, 3.05) is 12.4 Å². The van der Waals surface area contributed by atoms with Gasteiger partial charge in [-0.2, -0.15) is 4.98 Å². The summed E-state index contributed by atoms with van der Waals surface area (Å²) in [5.74, 6) is 0.236. The maximum absolute atomic E-state index is 9.54. The Morgan fingerprint density at radius 3 is 3.14 bits per heavy atom. The van der Waals surface area contributed by atoms with Crippen LogP contribution in [-0.2, 0) is 0 Å².